The Morgan fingerprint density at radius 3 is 2.41 bits per heavy atom. The standard InChI is InChI=1S/C19H18F3NO4/c1-13(14-6-3-2-4-7-14)23-17(24)11-27-18(25)12-26-16-9-5-8-15(10-16)19(20,21)22/h2-10,13H,11-12H2,1H3,(H,23,24)/t13-/m1/s1. The third kappa shape index (κ3) is 6.65. The summed E-state index contributed by atoms with van der Waals surface area (Å²) in [5, 5.41) is 2.67. The highest BCUT2D eigenvalue weighted by molar-refractivity contribution is 5.81. The molecular weight excluding hydrogens is 363 g/mol. The van der Waals surface area contributed by atoms with Gasteiger partial charge in [0.1, 0.15) is 5.75 Å². The molecule has 0 aliphatic carbocycles. The molecule has 8 heteroatoms. The van der Waals surface area contributed by atoms with Crippen LogP contribution in [0.5, 0.6) is 5.75 Å². The second-order valence-electron chi connectivity index (χ2n) is 5.67. The summed E-state index contributed by atoms with van der Waals surface area (Å²) in [5.41, 5.74) is 0.00713. The van der Waals surface area contributed by atoms with Crippen molar-refractivity contribution >= 4 is 11.9 Å². The van der Waals surface area contributed by atoms with Crippen molar-refractivity contribution < 1.29 is 32.2 Å². The minimum Gasteiger partial charge on any atom is -0.482 e. The fourth-order valence-corrected chi connectivity index (χ4v) is 2.20. The lowest BCUT2D eigenvalue weighted by Gasteiger charge is -2.14. The van der Waals surface area contributed by atoms with Crippen LogP contribution in [0.15, 0.2) is 54.6 Å². The number of halogens is 3. The molecule has 0 aliphatic rings. The smallest absolute Gasteiger partial charge is 0.416 e. The molecule has 2 aromatic rings. The van der Waals surface area contributed by atoms with Crippen LogP contribution in [-0.2, 0) is 20.5 Å². The van der Waals surface area contributed by atoms with Crippen LogP contribution >= 0.6 is 0 Å². The summed E-state index contributed by atoms with van der Waals surface area (Å²) in [7, 11) is 0. The van der Waals surface area contributed by atoms with Crippen LogP contribution in [0.25, 0.3) is 0 Å². The lowest BCUT2D eigenvalue weighted by Crippen LogP contribution is -2.31. The molecule has 0 aromatic heterocycles. The first kappa shape index (κ1) is 20.3. The highest BCUT2D eigenvalue weighted by atomic mass is 19.4. The maximum absolute atomic E-state index is 12.6. The van der Waals surface area contributed by atoms with Crippen molar-refractivity contribution in [3.8, 4) is 5.75 Å². The molecule has 2 aromatic carbocycles. The minimum atomic E-state index is -4.51. The summed E-state index contributed by atoms with van der Waals surface area (Å²) in [5.74, 6) is -1.49. The van der Waals surface area contributed by atoms with Crippen molar-refractivity contribution in [2.45, 2.75) is 19.1 Å². The van der Waals surface area contributed by atoms with E-state index in [4.69, 9.17) is 9.47 Å². The Hall–Kier alpha value is -3.03. The van der Waals surface area contributed by atoms with Gasteiger partial charge in [-0.15, -0.1) is 0 Å². The van der Waals surface area contributed by atoms with E-state index < -0.39 is 36.8 Å². The number of benzene rings is 2. The Labute approximate surface area is 154 Å². The molecule has 0 fully saturated rings. The molecule has 1 amide bonds. The van der Waals surface area contributed by atoms with Crippen LogP contribution in [0.3, 0.4) is 0 Å². The van der Waals surface area contributed by atoms with E-state index in [0.29, 0.717) is 0 Å². The van der Waals surface area contributed by atoms with Gasteiger partial charge in [0.25, 0.3) is 5.91 Å². The quantitative estimate of drug-likeness (QED) is 0.746. The molecular formula is C19H18F3NO4. The molecule has 1 atom stereocenters. The lowest BCUT2D eigenvalue weighted by molar-refractivity contribution is -0.150. The van der Waals surface area contributed by atoms with Crippen molar-refractivity contribution in [3.05, 3.63) is 65.7 Å². The van der Waals surface area contributed by atoms with Crippen LogP contribution in [0.2, 0.25) is 0 Å². The first-order valence-electron chi connectivity index (χ1n) is 8.05. The van der Waals surface area contributed by atoms with Crippen molar-refractivity contribution in [3.63, 3.8) is 0 Å². The number of amides is 1. The Balaban J connectivity index is 1.75. The number of alkyl halides is 3. The molecule has 0 saturated carbocycles. The maximum Gasteiger partial charge on any atom is 0.416 e. The van der Waals surface area contributed by atoms with E-state index >= 15 is 0 Å². The molecule has 0 radical (unpaired) electrons. The summed E-state index contributed by atoms with van der Waals surface area (Å²) in [6.07, 6.45) is -4.51. The average Bonchev–Trinajstić information content (AvgIpc) is 2.65. The van der Waals surface area contributed by atoms with Gasteiger partial charge >= 0.3 is 12.1 Å². The number of hydrogen-bond donors (Lipinski definition) is 1. The molecule has 0 unspecified atom stereocenters. The highest BCUT2D eigenvalue weighted by Gasteiger charge is 2.30. The maximum atomic E-state index is 12.6. The van der Waals surface area contributed by atoms with E-state index in [0.717, 1.165) is 17.7 Å². The third-order valence-corrected chi connectivity index (χ3v) is 3.56. The van der Waals surface area contributed by atoms with Gasteiger partial charge < -0.3 is 14.8 Å². The largest absolute Gasteiger partial charge is 0.482 e. The molecule has 27 heavy (non-hydrogen) atoms. The van der Waals surface area contributed by atoms with E-state index in [1.807, 2.05) is 30.3 Å². The minimum absolute atomic E-state index is 0.121. The number of carbonyl (C=O) groups excluding carboxylic acids is 2. The third-order valence-electron chi connectivity index (χ3n) is 3.56. The molecule has 2 rings (SSSR count). The molecule has 0 aliphatic heterocycles. The van der Waals surface area contributed by atoms with Gasteiger partial charge in [0.05, 0.1) is 11.6 Å². The zero-order chi connectivity index (χ0) is 19.9. The summed E-state index contributed by atoms with van der Waals surface area (Å²) >= 11 is 0. The second kappa shape index (κ2) is 9.07. The van der Waals surface area contributed by atoms with E-state index in [1.54, 1.807) is 6.92 Å². The van der Waals surface area contributed by atoms with Gasteiger partial charge in [-0.2, -0.15) is 13.2 Å². The topological polar surface area (TPSA) is 64.6 Å². The number of esters is 1. The van der Waals surface area contributed by atoms with Crippen LogP contribution in [0.4, 0.5) is 13.2 Å². The van der Waals surface area contributed by atoms with E-state index in [1.165, 1.54) is 12.1 Å². The van der Waals surface area contributed by atoms with Crippen LogP contribution in [0.1, 0.15) is 24.1 Å². The van der Waals surface area contributed by atoms with Gasteiger partial charge in [-0.25, -0.2) is 4.79 Å². The van der Waals surface area contributed by atoms with Gasteiger partial charge in [-0.1, -0.05) is 36.4 Å². The van der Waals surface area contributed by atoms with Gasteiger partial charge in [-0.05, 0) is 30.7 Å². The fraction of sp³-hybridized carbons (Fsp3) is 0.263. The fourth-order valence-electron chi connectivity index (χ4n) is 2.20. The molecule has 1 N–H and O–H groups in total. The van der Waals surface area contributed by atoms with Crippen molar-refractivity contribution in [1.82, 2.24) is 5.32 Å². The van der Waals surface area contributed by atoms with Gasteiger partial charge in [0, 0.05) is 0 Å². The normalized spacial score (nSPS) is 12.1. The van der Waals surface area contributed by atoms with Gasteiger partial charge in [0.2, 0.25) is 0 Å². The van der Waals surface area contributed by atoms with E-state index in [9.17, 15) is 22.8 Å². The zero-order valence-corrected chi connectivity index (χ0v) is 14.5. The summed E-state index contributed by atoms with van der Waals surface area (Å²) in [6, 6.07) is 13.1. The van der Waals surface area contributed by atoms with Crippen molar-refractivity contribution in [1.29, 1.82) is 0 Å². The molecule has 0 bridgehead atoms. The molecule has 0 spiro atoms. The number of nitrogens with one attached hydrogen (secondary N) is 1. The Morgan fingerprint density at radius 1 is 1.04 bits per heavy atom. The predicted octanol–water partition coefficient (Wildman–Crippen LogP) is 3.50. The molecule has 0 saturated heterocycles. The highest BCUT2D eigenvalue weighted by Crippen LogP contribution is 2.31. The number of carbonyl (C=O) groups is 2. The SMILES string of the molecule is C[C@@H](NC(=O)COC(=O)COc1cccc(C(F)(F)F)c1)c1ccccc1. The average molecular weight is 381 g/mol. The summed E-state index contributed by atoms with van der Waals surface area (Å²) in [4.78, 5) is 23.4. The van der Waals surface area contributed by atoms with Crippen LogP contribution in [0, 0.1) is 0 Å². The first-order chi connectivity index (χ1) is 12.8. The van der Waals surface area contributed by atoms with E-state index in [-0.39, 0.29) is 11.8 Å². The Kier molecular flexibility index (Phi) is 6.81. The van der Waals surface area contributed by atoms with Gasteiger partial charge in [0.15, 0.2) is 13.2 Å². The van der Waals surface area contributed by atoms with Crippen molar-refractivity contribution in [2.24, 2.45) is 0 Å². The number of ether oxygens (including phenoxy) is 2. The monoisotopic (exact) mass is 381 g/mol. The van der Waals surface area contributed by atoms with Crippen LogP contribution < -0.4 is 10.1 Å². The number of rotatable bonds is 7. The van der Waals surface area contributed by atoms with Crippen LogP contribution in [-0.4, -0.2) is 25.1 Å². The molecule has 0 heterocycles. The zero-order valence-electron chi connectivity index (χ0n) is 14.5. The van der Waals surface area contributed by atoms with E-state index in [2.05, 4.69) is 5.32 Å². The Bertz CT molecular complexity index is 778. The van der Waals surface area contributed by atoms with Crippen molar-refractivity contribution in [2.75, 3.05) is 13.2 Å². The lowest BCUT2D eigenvalue weighted by atomic mass is 10.1. The molecule has 144 valence electrons. The Morgan fingerprint density at radius 2 is 1.74 bits per heavy atom. The molecule has 5 nitrogen and oxygen atoms in total. The summed E-state index contributed by atoms with van der Waals surface area (Å²) < 4.78 is 47.6. The summed E-state index contributed by atoms with van der Waals surface area (Å²) in [6.45, 7) is 0.663. The first-order valence-corrected chi connectivity index (χ1v) is 8.05. The second-order valence-corrected chi connectivity index (χ2v) is 5.67. The predicted molar refractivity (Wildman–Crippen MR) is 90.9 cm³/mol. The number of hydrogen-bond acceptors (Lipinski definition) is 4. The van der Waals surface area contributed by atoms with Gasteiger partial charge in [-0.3, -0.25) is 4.79 Å².